The Morgan fingerprint density at radius 1 is 0.833 bits per heavy atom. The first-order valence-electron chi connectivity index (χ1n) is 14.8. The van der Waals surface area contributed by atoms with Crippen molar-refractivity contribution < 1.29 is 78.9 Å². The van der Waals surface area contributed by atoms with Crippen LogP contribution in [0.2, 0.25) is 0 Å². The molecule has 2 aliphatic heterocycles. The van der Waals surface area contributed by atoms with E-state index in [0.717, 1.165) is 24.3 Å². The molecule has 2 aliphatic rings. The SMILES string of the molecule is CC(C)C(=O)OC1C(O)C(C)OC(Oc2cc(O)c3c(=O)c(OC4OC(CO)C(O)C(O)C4O)c(-c4ccc(O)c(O)c4)oc3c2)C1O. The van der Waals surface area contributed by atoms with Crippen molar-refractivity contribution in [2.75, 3.05) is 6.61 Å². The number of esters is 1. The minimum atomic E-state index is -1.94. The Hall–Kier alpha value is -4.20. The number of aliphatic hydroxyl groups excluding tert-OH is 6. The Balaban J connectivity index is 1.56. The summed E-state index contributed by atoms with van der Waals surface area (Å²) in [5.41, 5.74) is -1.44. The molecule has 262 valence electrons. The number of ether oxygens (including phenoxy) is 5. The van der Waals surface area contributed by atoms with Gasteiger partial charge in [-0.05, 0) is 25.1 Å². The van der Waals surface area contributed by atoms with Crippen molar-refractivity contribution in [1.29, 1.82) is 0 Å². The first-order valence-corrected chi connectivity index (χ1v) is 14.8. The molecule has 1 aromatic heterocycles. The molecule has 0 radical (unpaired) electrons. The van der Waals surface area contributed by atoms with E-state index in [2.05, 4.69) is 0 Å². The van der Waals surface area contributed by atoms with Gasteiger partial charge < -0.3 is 74.1 Å². The molecule has 0 bridgehead atoms. The average Bonchev–Trinajstić information content (AvgIpc) is 3.04. The number of aliphatic hydroxyl groups is 6. The van der Waals surface area contributed by atoms with E-state index in [1.54, 1.807) is 13.8 Å². The number of rotatable bonds is 8. The first kappa shape index (κ1) is 35.1. The summed E-state index contributed by atoms with van der Waals surface area (Å²) in [5.74, 6) is -4.47. The lowest BCUT2D eigenvalue weighted by molar-refractivity contribution is -0.277. The number of phenols is 3. The van der Waals surface area contributed by atoms with Crippen LogP contribution in [-0.2, 0) is 19.0 Å². The van der Waals surface area contributed by atoms with Crippen LogP contribution in [0.5, 0.6) is 28.7 Å². The predicted octanol–water partition coefficient (Wildman–Crippen LogP) is -0.831. The highest BCUT2D eigenvalue weighted by Gasteiger charge is 2.47. The molecule has 48 heavy (non-hydrogen) atoms. The van der Waals surface area contributed by atoms with E-state index >= 15 is 0 Å². The highest BCUT2D eigenvalue weighted by Crippen LogP contribution is 2.40. The summed E-state index contributed by atoms with van der Waals surface area (Å²) in [6.07, 6.45) is -15.8. The van der Waals surface area contributed by atoms with Crippen LogP contribution in [0.15, 0.2) is 39.5 Å². The summed E-state index contributed by atoms with van der Waals surface area (Å²) in [6.45, 7) is 3.79. The molecule has 2 aromatic carbocycles. The van der Waals surface area contributed by atoms with Gasteiger partial charge in [-0.3, -0.25) is 9.59 Å². The summed E-state index contributed by atoms with van der Waals surface area (Å²) < 4.78 is 33.6. The molecule has 3 heterocycles. The Labute approximate surface area is 271 Å². The smallest absolute Gasteiger partial charge is 0.308 e. The second-order valence-electron chi connectivity index (χ2n) is 11.8. The summed E-state index contributed by atoms with van der Waals surface area (Å²) in [4.78, 5) is 26.1. The van der Waals surface area contributed by atoms with Crippen LogP contribution in [0.1, 0.15) is 20.8 Å². The second-order valence-corrected chi connectivity index (χ2v) is 11.8. The van der Waals surface area contributed by atoms with Gasteiger partial charge in [0.05, 0.1) is 18.6 Å². The summed E-state index contributed by atoms with van der Waals surface area (Å²) in [6, 6.07) is 5.43. The first-order chi connectivity index (χ1) is 22.6. The van der Waals surface area contributed by atoms with Gasteiger partial charge in [-0.25, -0.2) is 0 Å². The van der Waals surface area contributed by atoms with Crippen molar-refractivity contribution in [2.45, 2.75) is 82.2 Å². The van der Waals surface area contributed by atoms with Gasteiger partial charge in [0, 0.05) is 17.7 Å². The van der Waals surface area contributed by atoms with Crippen LogP contribution in [0.4, 0.5) is 0 Å². The van der Waals surface area contributed by atoms with Gasteiger partial charge in [0.25, 0.3) is 0 Å². The molecule has 2 fully saturated rings. The molecule has 5 rings (SSSR count). The van der Waals surface area contributed by atoms with Crippen molar-refractivity contribution >= 4 is 16.9 Å². The fourth-order valence-corrected chi connectivity index (χ4v) is 5.21. The molecule has 17 nitrogen and oxygen atoms in total. The van der Waals surface area contributed by atoms with Crippen LogP contribution >= 0.6 is 0 Å². The monoisotopic (exact) mass is 680 g/mol. The fourth-order valence-electron chi connectivity index (χ4n) is 5.21. The number of benzene rings is 2. The number of aromatic hydroxyl groups is 3. The lowest BCUT2D eigenvalue weighted by Gasteiger charge is -2.40. The molecule has 2 saturated heterocycles. The van der Waals surface area contributed by atoms with Crippen molar-refractivity contribution in [1.82, 2.24) is 0 Å². The highest BCUT2D eigenvalue weighted by atomic mass is 16.7. The maximum absolute atomic E-state index is 13.9. The minimum absolute atomic E-state index is 0.0571. The number of carbonyl (C=O) groups is 1. The van der Waals surface area contributed by atoms with E-state index in [1.165, 1.54) is 13.0 Å². The van der Waals surface area contributed by atoms with Gasteiger partial charge in [0.15, 0.2) is 29.5 Å². The maximum atomic E-state index is 13.9. The third-order valence-electron chi connectivity index (χ3n) is 7.98. The zero-order chi connectivity index (χ0) is 35.2. The third-order valence-corrected chi connectivity index (χ3v) is 7.98. The van der Waals surface area contributed by atoms with E-state index < -0.39 is 119 Å². The van der Waals surface area contributed by atoms with Crippen LogP contribution in [0, 0.1) is 5.92 Å². The summed E-state index contributed by atoms with van der Waals surface area (Å²) in [5, 5.41) is 92.4. The molecule has 17 heteroatoms. The average molecular weight is 681 g/mol. The minimum Gasteiger partial charge on any atom is -0.507 e. The van der Waals surface area contributed by atoms with Crippen LogP contribution in [0.3, 0.4) is 0 Å². The topological polar surface area (TPSA) is 276 Å². The largest absolute Gasteiger partial charge is 0.507 e. The number of phenolic OH excluding ortho intramolecular Hbond substituents is 3. The molecule has 0 aliphatic carbocycles. The van der Waals surface area contributed by atoms with E-state index in [4.69, 9.17) is 28.1 Å². The standard InChI is InChI=1S/C31H36O17/c1-10(2)29(42)47-27-20(36)11(3)43-31(25(27)41)44-13-7-16(35)19-17(8-13)45-26(12-4-5-14(33)15(34)6-12)28(22(19)38)48-30-24(40)23(39)21(37)18(9-32)46-30/h4-8,10-11,18,20-21,23-25,27,30-37,39-41H,9H2,1-3H3. The quantitative estimate of drug-likeness (QED) is 0.104. The Morgan fingerprint density at radius 3 is 2.17 bits per heavy atom. The molecule has 10 unspecified atom stereocenters. The van der Waals surface area contributed by atoms with Gasteiger partial charge in [0.1, 0.15) is 53.0 Å². The van der Waals surface area contributed by atoms with E-state index in [1.807, 2.05) is 0 Å². The fraction of sp³-hybridized carbons (Fsp3) is 0.484. The van der Waals surface area contributed by atoms with E-state index in [0.29, 0.717) is 0 Å². The number of hydrogen-bond donors (Lipinski definition) is 9. The molecule has 3 aromatic rings. The molecule has 0 amide bonds. The molecule has 9 N–H and O–H groups in total. The normalized spacial score (nSPS) is 30.7. The maximum Gasteiger partial charge on any atom is 0.308 e. The van der Waals surface area contributed by atoms with Gasteiger partial charge in [0.2, 0.25) is 23.8 Å². The number of fused-ring (bicyclic) bond motifs is 1. The summed E-state index contributed by atoms with van der Waals surface area (Å²) >= 11 is 0. The molecule has 0 spiro atoms. The van der Waals surface area contributed by atoms with Gasteiger partial charge in [-0.2, -0.15) is 0 Å². The Bertz CT molecular complexity index is 1700. The van der Waals surface area contributed by atoms with Crippen molar-refractivity contribution in [2.24, 2.45) is 5.92 Å². The highest BCUT2D eigenvalue weighted by molar-refractivity contribution is 5.88. The number of hydrogen-bond acceptors (Lipinski definition) is 17. The molecular weight excluding hydrogens is 644 g/mol. The third kappa shape index (κ3) is 6.58. The zero-order valence-electron chi connectivity index (χ0n) is 25.7. The molecule has 10 atom stereocenters. The van der Waals surface area contributed by atoms with Gasteiger partial charge in [-0.15, -0.1) is 0 Å². The molecular formula is C31H36O17. The van der Waals surface area contributed by atoms with Crippen molar-refractivity contribution in [3.05, 3.63) is 40.6 Å². The lowest BCUT2D eigenvalue weighted by atomic mass is 9.99. The van der Waals surface area contributed by atoms with Crippen LogP contribution < -0.4 is 14.9 Å². The van der Waals surface area contributed by atoms with E-state index in [-0.39, 0.29) is 16.9 Å². The van der Waals surface area contributed by atoms with Crippen molar-refractivity contribution in [3.63, 3.8) is 0 Å². The van der Waals surface area contributed by atoms with Gasteiger partial charge in [-0.1, -0.05) is 13.8 Å². The van der Waals surface area contributed by atoms with Crippen LogP contribution in [0.25, 0.3) is 22.3 Å². The lowest BCUT2D eigenvalue weighted by Crippen LogP contribution is -2.60. The number of carbonyl (C=O) groups excluding carboxylic acids is 1. The van der Waals surface area contributed by atoms with Gasteiger partial charge >= 0.3 is 5.97 Å². The Kier molecular flexibility index (Phi) is 10.0. The predicted molar refractivity (Wildman–Crippen MR) is 159 cm³/mol. The summed E-state index contributed by atoms with van der Waals surface area (Å²) in [7, 11) is 0. The van der Waals surface area contributed by atoms with Crippen molar-refractivity contribution in [3.8, 4) is 40.1 Å². The van der Waals surface area contributed by atoms with E-state index in [9.17, 15) is 55.5 Å². The molecule has 0 saturated carbocycles. The second kappa shape index (κ2) is 13.7. The zero-order valence-corrected chi connectivity index (χ0v) is 25.7. The Morgan fingerprint density at radius 2 is 1.52 bits per heavy atom. The van der Waals surface area contributed by atoms with Crippen LogP contribution in [-0.4, -0.2) is 120 Å².